The molecule has 54 valence electrons. The molecule has 1 rings (SSSR count). The molecule has 1 aliphatic carbocycles. The molecule has 1 saturated carbocycles. The second-order valence-corrected chi connectivity index (χ2v) is 2.74. The lowest BCUT2D eigenvalue weighted by Gasteiger charge is -2.08. The summed E-state index contributed by atoms with van der Waals surface area (Å²) in [5.74, 6) is 0.0278. The first-order valence-corrected chi connectivity index (χ1v) is 3.28. The topological polar surface area (TPSA) is 66.5 Å². The third-order valence-corrected chi connectivity index (χ3v) is 1.93. The van der Waals surface area contributed by atoms with Crippen molar-refractivity contribution < 1.29 is 10.2 Å². The van der Waals surface area contributed by atoms with Crippen molar-refractivity contribution in [1.82, 2.24) is 0 Å². The van der Waals surface area contributed by atoms with Crippen LogP contribution in [0.3, 0.4) is 0 Å². The first-order valence-electron chi connectivity index (χ1n) is 3.28. The van der Waals surface area contributed by atoms with E-state index in [0.29, 0.717) is 6.42 Å². The van der Waals surface area contributed by atoms with Crippen molar-refractivity contribution >= 4 is 0 Å². The quantitative estimate of drug-likeness (QED) is 0.431. The third-order valence-electron chi connectivity index (χ3n) is 1.93. The van der Waals surface area contributed by atoms with E-state index in [4.69, 9.17) is 15.9 Å². The Hall–Kier alpha value is -0.120. The van der Waals surface area contributed by atoms with Crippen LogP contribution in [0.4, 0.5) is 0 Å². The largest absolute Gasteiger partial charge is 0.396 e. The predicted molar refractivity (Wildman–Crippen MR) is 33.8 cm³/mol. The average Bonchev–Trinajstić information content (AvgIpc) is 2.10. The van der Waals surface area contributed by atoms with Crippen LogP contribution in [0.25, 0.3) is 0 Å². The van der Waals surface area contributed by atoms with Gasteiger partial charge < -0.3 is 15.9 Å². The molecule has 0 heterocycles. The number of rotatable bonds is 1. The maximum atomic E-state index is 9.12. The van der Waals surface area contributed by atoms with E-state index in [0.717, 1.165) is 6.42 Å². The van der Waals surface area contributed by atoms with Gasteiger partial charge in [-0.15, -0.1) is 0 Å². The molecule has 0 aromatic carbocycles. The lowest BCUT2D eigenvalue weighted by molar-refractivity contribution is 0.0908. The molecule has 0 spiro atoms. The Bertz CT molecular complexity index is 97.1. The van der Waals surface area contributed by atoms with E-state index >= 15 is 0 Å². The van der Waals surface area contributed by atoms with Crippen LogP contribution in [0.15, 0.2) is 0 Å². The lowest BCUT2D eigenvalue weighted by atomic mass is 10.1. The highest BCUT2D eigenvalue weighted by Gasteiger charge is 2.29. The molecule has 3 nitrogen and oxygen atoms in total. The SMILES string of the molecule is N[C@H]1C[C@H](CO)[C@H](O)C1. The van der Waals surface area contributed by atoms with Gasteiger partial charge in [-0.1, -0.05) is 0 Å². The van der Waals surface area contributed by atoms with Gasteiger partial charge in [0.1, 0.15) is 0 Å². The molecule has 0 bridgehead atoms. The van der Waals surface area contributed by atoms with Crippen molar-refractivity contribution in [2.75, 3.05) is 6.61 Å². The summed E-state index contributed by atoms with van der Waals surface area (Å²) in [5.41, 5.74) is 5.52. The Morgan fingerprint density at radius 2 is 2.11 bits per heavy atom. The molecule has 3 atom stereocenters. The van der Waals surface area contributed by atoms with Crippen LogP contribution >= 0.6 is 0 Å². The van der Waals surface area contributed by atoms with E-state index in [-0.39, 0.29) is 24.7 Å². The Morgan fingerprint density at radius 1 is 1.44 bits per heavy atom. The summed E-state index contributed by atoms with van der Waals surface area (Å²) in [6.45, 7) is 0.0644. The van der Waals surface area contributed by atoms with Gasteiger partial charge in [0, 0.05) is 18.6 Å². The van der Waals surface area contributed by atoms with E-state index in [1.807, 2.05) is 0 Å². The van der Waals surface area contributed by atoms with Crippen molar-refractivity contribution in [2.45, 2.75) is 25.0 Å². The van der Waals surface area contributed by atoms with Gasteiger partial charge in [0.15, 0.2) is 0 Å². The minimum atomic E-state index is -0.370. The fourth-order valence-corrected chi connectivity index (χ4v) is 1.34. The number of aliphatic hydroxyl groups excluding tert-OH is 2. The third kappa shape index (κ3) is 1.41. The summed E-state index contributed by atoms with van der Waals surface area (Å²) in [6, 6.07) is 0.0946. The highest BCUT2D eigenvalue weighted by molar-refractivity contribution is 4.84. The molecule has 0 saturated heterocycles. The van der Waals surface area contributed by atoms with Gasteiger partial charge in [0.25, 0.3) is 0 Å². The van der Waals surface area contributed by atoms with E-state index in [1.165, 1.54) is 0 Å². The van der Waals surface area contributed by atoms with Crippen molar-refractivity contribution in [3.63, 3.8) is 0 Å². The maximum absolute atomic E-state index is 9.12. The normalized spacial score (nSPS) is 43.7. The van der Waals surface area contributed by atoms with Crippen LogP contribution in [0.1, 0.15) is 12.8 Å². The molecule has 9 heavy (non-hydrogen) atoms. The summed E-state index contributed by atoms with van der Waals surface area (Å²) >= 11 is 0. The van der Waals surface area contributed by atoms with Crippen LogP contribution in [0.5, 0.6) is 0 Å². The van der Waals surface area contributed by atoms with Crippen LogP contribution in [-0.4, -0.2) is 29.0 Å². The maximum Gasteiger partial charge on any atom is 0.0605 e. The molecular formula is C6H13NO2. The summed E-state index contributed by atoms with van der Waals surface area (Å²) in [4.78, 5) is 0. The van der Waals surface area contributed by atoms with Crippen LogP contribution < -0.4 is 5.73 Å². The van der Waals surface area contributed by atoms with Gasteiger partial charge >= 0.3 is 0 Å². The second-order valence-electron chi connectivity index (χ2n) is 2.74. The Morgan fingerprint density at radius 3 is 2.33 bits per heavy atom. The Kier molecular flexibility index (Phi) is 2.05. The standard InChI is InChI=1S/C6H13NO2/c7-5-1-4(3-8)6(9)2-5/h4-6,8-9H,1-3,7H2/t4-,5+,6-/m1/s1. The van der Waals surface area contributed by atoms with Crippen LogP contribution in [0, 0.1) is 5.92 Å². The monoisotopic (exact) mass is 131 g/mol. The van der Waals surface area contributed by atoms with Crippen molar-refractivity contribution in [2.24, 2.45) is 11.7 Å². The van der Waals surface area contributed by atoms with Crippen molar-refractivity contribution in [1.29, 1.82) is 0 Å². The van der Waals surface area contributed by atoms with Gasteiger partial charge in [0.05, 0.1) is 6.10 Å². The Labute approximate surface area is 54.5 Å². The first-order chi connectivity index (χ1) is 4.24. The molecule has 0 amide bonds. The number of aliphatic hydroxyl groups is 2. The Balaban J connectivity index is 2.38. The number of nitrogens with two attached hydrogens (primary N) is 1. The van der Waals surface area contributed by atoms with Crippen LogP contribution in [0.2, 0.25) is 0 Å². The average molecular weight is 131 g/mol. The zero-order valence-electron chi connectivity index (χ0n) is 5.33. The molecule has 0 unspecified atom stereocenters. The zero-order valence-corrected chi connectivity index (χ0v) is 5.33. The van der Waals surface area contributed by atoms with Crippen LogP contribution in [-0.2, 0) is 0 Å². The fraction of sp³-hybridized carbons (Fsp3) is 1.00. The van der Waals surface area contributed by atoms with Gasteiger partial charge in [-0.05, 0) is 12.8 Å². The highest BCUT2D eigenvalue weighted by atomic mass is 16.3. The molecule has 1 fully saturated rings. The fourth-order valence-electron chi connectivity index (χ4n) is 1.34. The molecule has 0 aromatic rings. The van der Waals surface area contributed by atoms with Crippen molar-refractivity contribution in [3.05, 3.63) is 0 Å². The predicted octanol–water partition coefficient (Wildman–Crippen LogP) is -0.923. The highest BCUT2D eigenvalue weighted by Crippen LogP contribution is 2.23. The smallest absolute Gasteiger partial charge is 0.0605 e. The summed E-state index contributed by atoms with van der Waals surface area (Å²) in [7, 11) is 0. The number of hydrogen-bond acceptors (Lipinski definition) is 3. The van der Waals surface area contributed by atoms with E-state index in [2.05, 4.69) is 0 Å². The second kappa shape index (κ2) is 2.64. The zero-order chi connectivity index (χ0) is 6.85. The van der Waals surface area contributed by atoms with E-state index in [9.17, 15) is 0 Å². The molecule has 0 aromatic heterocycles. The van der Waals surface area contributed by atoms with Gasteiger partial charge in [-0.3, -0.25) is 0 Å². The molecular weight excluding hydrogens is 118 g/mol. The minimum Gasteiger partial charge on any atom is -0.396 e. The molecule has 3 heteroatoms. The molecule has 4 N–H and O–H groups in total. The molecule has 0 radical (unpaired) electrons. The minimum absolute atomic E-state index is 0.0278. The van der Waals surface area contributed by atoms with Crippen molar-refractivity contribution in [3.8, 4) is 0 Å². The number of hydrogen-bond donors (Lipinski definition) is 3. The van der Waals surface area contributed by atoms with Gasteiger partial charge in [-0.25, -0.2) is 0 Å². The molecule has 1 aliphatic rings. The first kappa shape index (κ1) is 6.99. The molecule has 0 aliphatic heterocycles. The van der Waals surface area contributed by atoms with Gasteiger partial charge in [0.2, 0.25) is 0 Å². The lowest BCUT2D eigenvalue weighted by Crippen LogP contribution is -2.16. The van der Waals surface area contributed by atoms with E-state index in [1.54, 1.807) is 0 Å². The van der Waals surface area contributed by atoms with Gasteiger partial charge in [-0.2, -0.15) is 0 Å². The summed E-state index contributed by atoms with van der Waals surface area (Å²) in [6.07, 6.45) is 1.04. The summed E-state index contributed by atoms with van der Waals surface area (Å²) < 4.78 is 0. The van der Waals surface area contributed by atoms with E-state index < -0.39 is 0 Å². The summed E-state index contributed by atoms with van der Waals surface area (Å²) in [5, 5.41) is 17.8.